The Bertz CT molecular complexity index is 1080. The Kier molecular flexibility index (Phi) is 6.20. The molecule has 6 nitrogen and oxygen atoms in total. The zero-order chi connectivity index (χ0) is 20.8. The van der Waals surface area contributed by atoms with Gasteiger partial charge in [0.05, 0.1) is 23.9 Å². The van der Waals surface area contributed by atoms with Crippen molar-refractivity contribution in [1.82, 2.24) is 19.7 Å². The molecule has 4 rings (SSSR count). The molecule has 0 saturated heterocycles. The van der Waals surface area contributed by atoms with Gasteiger partial charge in [0.2, 0.25) is 0 Å². The van der Waals surface area contributed by atoms with E-state index >= 15 is 0 Å². The minimum atomic E-state index is -0.0446. The van der Waals surface area contributed by atoms with Crippen LogP contribution >= 0.6 is 11.3 Å². The van der Waals surface area contributed by atoms with Crippen LogP contribution in [0.3, 0.4) is 0 Å². The number of hydrogen-bond donors (Lipinski definition) is 0. The van der Waals surface area contributed by atoms with Gasteiger partial charge in [-0.05, 0) is 29.8 Å². The van der Waals surface area contributed by atoms with Crippen molar-refractivity contribution in [2.75, 3.05) is 7.05 Å². The van der Waals surface area contributed by atoms with Crippen molar-refractivity contribution in [3.8, 4) is 5.75 Å². The van der Waals surface area contributed by atoms with E-state index in [0.717, 1.165) is 11.3 Å². The van der Waals surface area contributed by atoms with Gasteiger partial charge < -0.3 is 9.64 Å². The molecule has 7 heteroatoms. The van der Waals surface area contributed by atoms with E-state index in [1.807, 2.05) is 52.8 Å². The highest BCUT2D eigenvalue weighted by Gasteiger charge is 2.13. The van der Waals surface area contributed by atoms with Crippen molar-refractivity contribution < 1.29 is 9.53 Å². The van der Waals surface area contributed by atoms with E-state index < -0.39 is 0 Å². The van der Waals surface area contributed by atoms with Gasteiger partial charge in [0, 0.05) is 36.3 Å². The minimum Gasteiger partial charge on any atom is -0.487 e. The molecule has 2 aromatic carbocycles. The SMILES string of the molecule is CN(Cc1cnn(Cc2ccccc2)c1)C(=O)c1ccc(OCc2cscn2)cc1. The Hall–Kier alpha value is -3.45. The van der Waals surface area contributed by atoms with Gasteiger partial charge >= 0.3 is 0 Å². The van der Waals surface area contributed by atoms with Gasteiger partial charge in [-0.2, -0.15) is 5.10 Å². The third-order valence-electron chi connectivity index (χ3n) is 4.61. The maximum absolute atomic E-state index is 12.8. The molecule has 0 aliphatic heterocycles. The minimum absolute atomic E-state index is 0.0446. The molecule has 0 saturated carbocycles. The summed E-state index contributed by atoms with van der Waals surface area (Å²) in [4.78, 5) is 18.6. The van der Waals surface area contributed by atoms with Crippen LogP contribution in [0.25, 0.3) is 0 Å². The summed E-state index contributed by atoms with van der Waals surface area (Å²) in [7, 11) is 1.80. The molecule has 30 heavy (non-hydrogen) atoms. The van der Waals surface area contributed by atoms with E-state index in [2.05, 4.69) is 22.2 Å². The molecule has 0 fully saturated rings. The van der Waals surface area contributed by atoms with Crippen molar-refractivity contribution >= 4 is 17.2 Å². The second-order valence-corrected chi connectivity index (χ2v) is 7.70. The second-order valence-electron chi connectivity index (χ2n) is 6.99. The average molecular weight is 419 g/mol. The lowest BCUT2D eigenvalue weighted by Crippen LogP contribution is -2.26. The van der Waals surface area contributed by atoms with Gasteiger partial charge in [0.1, 0.15) is 12.4 Å². The van der Waals surface area contributed by atoms with Crippen LogP contribution in [0.15, 0.2) is 77.9 Å². The van der Waals surface area contributed by atoms with Gasteiger partial charge in [-0.25, -0.2) is 4.98 Å². The van der Waals surface area contributed by atoms with Gasteiger partial charge in [-0.1, -0.05) is 30.3 Å². The molecule has 0 spiro atoms. The highest BCUT2D eigenvalue weighted by atomic mass is 32.1. The van der Waals surface area contributed by atoms with Crippen molar-refractivity contribution in [2.45, 2.75) is 19.7 Å². The Balaban J connectivity index is 1.32. The first-order valence-electron chi connectivity index (χ1n) is 9.58. The normalized spacial score (nSPS) is 10.7. The topological polar surface area (TPSA) is 60.2 Å². The van der Waals surface area contributed by atoms with Crippen molar-refractivity contribution in [1.29, 1.82) is 0 Å². The molecule has 0 atom stereocenters. The van der Waals surface area contributed by atoms with Crippen LogP contribution in [-0.2, 0) is 19.7 Å². The van der Waals surface area contributed by atoms with Crippen molar-refractivity contribution in [3.05, 3.63) is 100 Å². The summed E-state index contributed by atoms with van der Waals surface area (Å²) in [6.07, 6.45) is 3.79. The molecular formula is C23H22N4O2S. The van der Waals surface area contributed by atoms with Gasteiger partial charge in [0.25, 0.3) is 5.91 Å². The van der Waals surface area contributed by atoms with E-state index in [1.165, 1.54) is 16.9 Å². The molecule has 0 aliphatic carbocycles. The van der Waals surface area contributed by atoms with Crippen LogP contribution in [0, 0.1) is 0 Å². The molecule has 4 aromatic rings. The van der Waals surface area contributed by atoms with Crippen LogP contribution in [-0.4, -0.2) is 32.6 Å². The lowest BCUT2D eigenvalue weighted by molar-refractivity contribution is 0.0785. The number of thiazole rings is 1. The Morgan fingerprint density at radius 3 is 2.63 bits per heavy atom. The monoisotopic (exact) mass is 418 g/mol. The third kappa shape index (κ3) is 5.12. The zero-order valence-electron chi connectivity index (χ0n) is 16.6. The summed E-state index contributed by atoms with van der Waals surface area (Å²) in [6.45, 7) is 1.63. The maximum atomic E-state index is 12.8. The van der Waals surface area contributed by atoms with E-state index in [9.17, 15) is 4.79 Å². The van der Waals surface area contributed by atoms with Crippen molar-refractivity contribution in [2.24, 2.45) is 0 Å². The quantitative estimate of drug-likeness (QED) is 0.429. The predicted octanol–water partition coefficient (Wildman–Crippen LogP) is 4.24. The molecule has 1 amide bonds. The van der Waals surface area contributed by atoms with E-state index in [0.29, 0.717) is 31.0 Å². The fraction of sp³-hybridized carbons (Fsp3) is 0.174. The molecular weight excluding hydrogens is 396 g/mol. The van der Waals surface area contributed by atoms with Crippen molar-refractivity contribution in [3.63, 3.8) is 0 Å². The number of carbonyl (C=O) groups is 1. The summed E-state index contributed by atoms with van der Waals surface area (Å²) in [5.41, 5.74) is 5.48. The van der Waals surface area contributed by atoms with Crippen LogP contribution in [0.4, 0.5) is 0 Å². The lowest BCUT2D eigenvalue weighted by Gasteiger charge is -2.16. The van der Waals surface area contributed by atoms with E-state index in [-0.39, 0.29) is 5.91 Å². The van der Waals surface area contributed by atoms with Crippen LogP contribution in [0.1, 0.15) is 27.2 Å². The van der Waals surface area contributed by atoms with Crippen LogP contribution in [0.5, 0.6) is 5.75 Å². The maximum Gasteiger partial charge on any atom is 0.253 e. The Labute approximate surface area is 179 Å². The molecule has 0 radical (unpaired) electrons. The van der Waals surface area contributed by atoms with E-state index in [1.54, 1.807) is 29.6 Å². The van der Waals surface area contributed by atoms with Gasteiger partial charge in [0.15, 0.2) is 0 Å². The number of rotatable bonds is 8. The number of carbonyl (C=O) groups excluding carboxylic acids is 1. The van der Waals surface area contributed by atoms with E-state index in [4.69, 9.17) is 4.74 Å². The van der Waals surface area contributed by atoms with Gasteiger partial charge in [-0.3, -0.25) is 9.48 Å². The molecule has 0 unspecified atom stereocenters. The number of benzene rings is 2. The van der Waals surface area contributed by atoms with Gasteiger partial charge in [-0.15, -0.1) is 11.3 Å². The summed E-state index contributed by atoms with van der Waals surface area (Å²) in [5.74, 6) is 0.668. The first-order chi connectivity index (χ1) is 14.7. The Morgan fingerprint density at radius 2 is 1.90 bits per heavy atom. The predicted molar refractivity (Wildman–Crippen MR) is 116 cm³/mol. The third-order valence-corrected chi connectivity index (χ3v) is 5.25. The number of hydrogen-bond acceptors (Lipinski definition) is 5. The molecule has 2 aromatic heterocycles. The number of ether oxygens (including phenoxy) is 1. The molecule has 0 N–H and O–H groups in total. The van der Waals surface area contributed by atoms with Crippen LogP contribution < -0.4 is 4.74 Å². The molecule has 0 aliphatic rings. The molecule has 2 heterocycles. The average Bonchev–Trinajstić information content (AvgIpc) is 3.45. The smallest absolute Gasteiger partial charge is 0.253 e. The fourth-order valence-corrected chi connectivity index (χ4v) is 3.61. The number of amides is 1. The molecule has 0 bridgehead atoms. The highest BCUT2D eigenvalue weighted by molar-refractivity contribution is 7.07. The summed E-state index contributed by atoms with van der Waals surface area (Å²) in [5, 5.41) is 6.36. The van der Waals surface area contributed by atoms with Crippen LogP contribution in [0.2, 0.25) is 0 Å². The molecule has 152 valence electrons. The Morgan fingerprint density at radius 1 is 1.10 bits per heavy atom. The lowest BCUT2D eigenvalue weighted by atomic mass is 10.2. The first kappa shape index (κ1) is 19.8. The number of aromatic nitrogens is 3. The highest BCUT2D eigenvalue weighted by Crippen LogP contribution is 2.16. The standard InChI is InChI=1S/C23H22N4O2S/c1-26(12-19-11-25-27(14-19)13-18-5-3-2-4-6-18)23(28)20-7-9-22(10-8-20)29-15-21-16-30-17-24-21/h2-11,14,16-17H,12-13,15H2,1H3. The number of nitrogens with zero attached hydrogens (tertiary/aromatic N) is 4. The fourth-order valence-electron chi connectivity index (χ4n) is 3.07. The largest absolute Gasteiger partial charge is 0.487 e. The summed E-state index contributed by atoms with van der Waals surface area (Å²) in [6, 6.07) is 17.4. The first-order valence-corrected chi connectivity index (χ1v) is 10.5. The summed E-state index contributed by atoms with van der Waals surface area (Å²) < 4.78 is 7.59. The second kappa shape index (κ2) is 9.37. The summed E-state index contributed by atoms with van der Waals surface area (Å²) >= 11 is 1.54. The zero-order valence-corrected chi connectivity index (χ0v) is 17.5.